The summed E-state index contributed by atoms with van der Waals surface area (Å²) in [5.74, 6) is 0.884. The fourth-order valence-corrected chi connectivity index (χ4v) is 6.52. The summed E-state index contributed by atoms with van der Waals surface area (Å²) in [6.07, 6.45) is 1.33. The van der Waals surface area contributed by atoms with Crippen molar-refractivity contribution in [1.82, 2.24) is 24.3 Å². The van der Waals surface area contributed by atoms with Gasteiger partial charge in [-0.15, -0.1) is 4.72 Å². The summed E-state index contributed by atoms with van der Waals surface area (Å²) in [5, 5.41) is 4.41. The molecule has 1 aliphatic heterocycles. The average Bonchev–Trinajstić information content (AvgIpc) is 3.40. The lowest BCUT2D eigenvalue weighted by atomic mass is 9.73. The zero-order valence-electron chi connectivity index (χ0n) is 20.2. The molecule has 0 radical (unpaired) electrons. The van der Waals surface area contributed by atoms with Crippen LogP contribution in [-0.2, 0) is 17.8 Å². The number of hydrogen-bond donors (Lipinski definition) is 1. The Labute approximate surface area is 215 Å². The SMILES string of the molecule is Cc1nc(N2CCC3(CC2)Cc2nc(C(F)F)ccc2[C@H]3N[S@+]([O-])C(C)(C)C)c2ccnn2c1Br. The molecule has 0 saturated carbocycles. The van der Waals surface area contributed by atoms with Gasteiger partial charge < -0.3 is 9.45 Å². The lowest BCUT2D eigenvalue weighted by molar-refractivity contribution is 0.145. The Kier molecular flexibility index (Phi) is 6.34. The van der Waals surface area contributed by atoms with Crippen LogP contribution in [0.5, 0.6) is 0 Å². The quantitative estimate of drug-likeness (QED) is 0.444. The van der Waals surface area contributed by atoms with E-state index in [-0.39, 0.29) is 17.2 Å². The second-order valence-electron chi connectivity index (χ2n) is 10.5. The van der Waals surface area contributed by atoms with E-state index in [4.69, 9.17) is 4.98 Å². The third-order valence-corrected chi connectivity index (χ3v) is 9.64. The topological polar surface area (TPSA) is 81.4 Å². The molecule has 11 heteroatoms. The number of nitrogens with one attached hydrogen (secondary N) is 1. The predicted molar refractivity (Wildman–Crippen MR) is 136 cm³/mol. The fourth-order valence-electron chi connectivity index (χ4n) is 5.20. The van der Waals surface area contributed by atoms with Gasteiger partial charge in [-0.25, -0.2) is 18.3 Å². The van der Waals surface area contributed by atoms with Gasteiger partial charge in [-0.05, 0) is 80.6 Å². The van der Waals surface area contributed by atoms with Crippen molar-refractivity contribution in [2.45, 2.75) is 64.2 Å². The maximum Gasteiger partial charge on any atom is 0.280 e. The Morgan fingerprint density at radius 3 is 2.57 bits per heavy atom. The number of hydrogen-bond acceptors (Lipinski definition) is 6. The minimum Gasteiger partial charge on any atom is -0.598 e. The van der Waals surface area contributed by atoms with Crippen molar-refractivity contribution >= 4 is 38.6 Å². The van der Waals surface area contributed by atoms with Crippen LogP contribution < -0.4 is 9.62 Å². The number of nitrogens with zero attached hydrogens (tertiary/aromatic N) is 5. The normalized spacial score (nSPS) is 20.7. The molecule has 1 N–H and O–H groups in total. The zero-order chi connectivity index (χ0) is 25.1. The van der Waals surface area contributed by atoms with Crippen LogP contribution in [0.25, 0.3) is 5.52 Å². The first-order valence-corrected chi connectivity index (χ1v) is 13.7. The summed E-state index contributed by atoms with van der Waals surface area (Å²) >= 11 is 2.26. The summed E-state index contributed by atoms with van der Waals surface area (Å²) < 4.78 is 45.5. The molecule has 35 heavy (non-hydrogen) atoms. The van der Waals surface area contributed by atoms with Gasteiger partial charge >= 0.3 is 0 Å². The van der Waals surface area contributed by atoms with Crippen LogP contribution in [0.4, 0.5) is 14.6 Å². The van der Waals surface area contributed by atoms with Crippen molar-refractivity contribution in [2.75, 3.05) is 18.0 Å². The number of pyridine rings is 1. The smallest absolute Gasteiger partial charge is 0.280 e. The summed E-state index contributed by atoms with van der Waals surface area (Å²) in [4.78, 5) is 11.4. The lowest BCUT2D eigenvalue weighted by Crippen LogP contribution is -2.50. The van der Waals surface area contributed by atoms with Gasteiger partial charge in [0.15, 0.2) is 5.82 Å². The Hall–Kier alpha value is -1.82. The molecule has 2 aliphatic rings. The van der Waals surface area contributed by atoms with Crippen LogP contribution >= 0.6 is 15.9 Å². The average molecular weight is 568 g/mol. The molecule has 0 amide bonds. The standard InChI is InChI=1S/C24H29BrF2N6OS/c1-14-20(25)33-18(7-10-28-33)22(29-14)32-11-8-24(9-12-32)13-17-15(5-6-16(30-17)21(26)27)19(24)31-35(34)23(2,3)4/h5-7,10,19,21,31H,8-9,11-13H2,1-4H3/t19-,35-/m1/s1. The zero-order valence-corrected chi connectivity index (χ0v) is 22.6. The first kappa shape index (κ1) is 24.9. The number of fused-ring (bicyclic) bond motifs is 2. The number of anilines is 1. The number of aryl methyl sites for hydroxylation is 1. The van der Waals surface area contributed by atoms with Gasteiger partial charge in [-0.1, -0.05) is 6.07 Å². The minimum absolute atomic E-state index is 0.202. The van der Waals surface area contributed by atoms with Gasteiger partial charge in [0, 0.05) is 35.6 Å². The third kappa shape index (κ3) is 4.34. The predicted octanol–water partition coefficient (Wildman–Crippen LogP) is 5.07. The highest BCUT2D eigenvalue weighted by molar-refractivity contribution is 9.10. The van der Waals surface area contributed by atoms with Crippen molar-refractivity contribution in [1.29, 1.82) is 0 Å². The van der Waals surface area contributed by atoms with Crippen LogP contribution in [0.15, 0.2) is 29.0 Å². The van der Waals surface area contributed by atoms with E-state index in [9.17, 15) is 13.3 Å². The van der Waals surface area contributed by atoms with Crippen molar-refractivity contribution in [3.8, 4) is 0 Å². The molecule has 1 aliphatic carbocycles. The van der Waals surface area contributed by atoms with Gasteiger partial charge in [-0.2, -0.15) is 5.10 Å². The van der Waals surface area contributed by atoms with Crippen molar-refractivity contribution in [3.63, 3.8) is 0 Å². The van der Waals surface area contributed by atoms with Crippen LogP contribution in [0.1, 0.15) is 68.7 Å². The fraction of sp³-hybridized carbons (Fsp3) is 0.542. The van der Waals surface area contributed by atoms with E-state index in [0.29, 0.717) is 12.1 Å². The molecule has 1 spiro atoms. The highest BCUT2D eigenvalue weighted by atomic mass is 79.9. The Balaban J connectivity index is 1.46. The number of alkyl halides is 2. The van der Waals surface area contributed by atoms with E-state index in [0.717, 1.165) is 53.1 Å². The van der Waals surface area contributed by atoms with Crippen LogP contribution in [-0.4, -0.2) is 42.0 Å². The molecule has 0 unspecified atom stereocenters. The van der Waals surface area contributed by atoms with Crippen molar-refractivity contribution in [2.24, 2.45) is 5.41 Å². The van der Waals surface area contributed by atoms with Crippen LogP contribution in [0.3, 0.4) is 0 Å². The van der Waals surface area contributed by atoms with E-state index in [2.05, 4.69) is 35.6 Å². The molecule has 4 heterocycles. The monoisotopic (exact) mass is 566 g/mol. The molecule has 2 atom stereocenters. The van der Waals surface area contributed by atoms with Gasteiger partial charge in [0.2, 0.25) is 0 Å². The van der Waals surface area contributed by atoms with Crippen LogP contribution in [0.2, 0.25) is 0 Å². The van der Waals surface area contributed by atoms with Gasteiger partial charge in [-0.3, -0.25) is 4.98 Å². The summed E-state index contributed by atoms with van der Waals surface area (Å²) in [7, 11) is 0. The van der Waals surface area contributed by atoms with E-state index >= 15 is 0 Å². The summed E-state index contributed by atoms with van der Waals surface area (Å²) in [5.41, 5.74) is 2.90. The Morgan fingerprint density at radius 2 is 1.91 bits per heavy atom. The van der Waals surface area contributed by atoms with Gasteiger partial charge in [0.1, 0.15) is 20.6 Å². The Bertz CT molecular complexity index is 1250. The van der Waals surface area contributed by atoms with E-state index in [1.54, 1.807) is 12.3 Å². The molecular weight excluding hydrogens is 538 g/mol. The maximum atomic E-state index is 13.4. The number of halogens is 3. The highest BCUT2D eigenvalue weighted by Crippen LogP contribution is 2.53. The molecule has 7 nitrogen and oxygen atoms in total. The molecule has 5 rings (SSSR count). The minimum atomic E-state index is -2.61. The number of rotatable bonds is 4. The molecule has 1 fully saturated rings. The van der Waals surface area contributed by atoms with Gasteiger partial charge in [0.25, 0.3) is 6.43 Å². The van der Waals surface area contributed by atoms with Crippen LogP contribution in [0, 0.1) is 12.3 Å². The molecule has 188 valence electrons. The number of piperidine rings is 1. The third-order valence-electron chi connectivity index (χ3n) is 7.17. The first-order valence-electron chi connectivity index (χ1n) is 11.7. The van der Waals surface area contributed by atoms with E-state index in [1.165, 1.54) is 6.07 Å². The van der Waals surface area contributed by atoms with Gasteiger partial charge in [0.05, 0.1) is 17.9 Å². The van der Waals surface area contributed by atoms with Crippen molar-refractivity contribution < 1.29 is 13.3 Å². The Morgan fingerprint density at radius 1 is 1.20 bits per heavy atom. The summed E-state index contributed by atoms with van der Waals surface area (Å²) in [6, 6.07) is 4.89. The largest absolute Gasteiger partial charge is 0.598 e. The molecule has 0 aromatic carbocycles. The van der Waals surface area contributed by atoms with Crippen molar-refractivity contribution in [3.05, 3.63) is 51.6 Å². The first-order chi connectivity index (χ1) is 16.5. The second kappa shape index (κ2) is 8.93. The maximum absolute atomic E-state index is 13.4. The summed E-state index contributed by atoms with van der Waals surface area (Å²) in [6.45, 7) is 9.21. The van der Waals surface area contributed by atoms with E-state index < -0.39 is 22.5 Å². The molecular formula is C24H29BrF2N6OS. The molecule has 0 bridgehead atoms. The molecule has 3 aromatic rings. The number of aromatic nitrogens is 4. The molecule has 1 saturated heterocycles. The molecule has 3 aromatic heterocycles. The highest BCUT2D eigenvalue weighted by Gasteiger charge is 2.51. The second-order valence-corrected chi connectivity index (χ2v) is 13.2. The van der Waals surface area contributed by atoms with E-state index in [1.807, 2.05) is 38.3 Å². The lowest BCUT2D eigenvalue weighted by Gasteiger charge is -2.44.